The molecule has 2 aromatic rings. The van der Waals surface area contributed by atoms with Crippen LogP contribution in [0.5, 0.6) is 0 Å². The van der Waals surface area contributed by atoms with E-state index in [0.717, 1.165) is 22.0 Å². The molecule has 84 valence electrons. The summed E-state index contributed by atoms with van der Waals surface area (Å²) in [6.45, 7) is 0. The van der Waals surface area contributed by atoms with Crippen molar-refractivity contribution in [1.29, 1.82) is 5.26 Å². The molecule has 17 heavy (non-hydrogen) atoms. The number of pyridine rings is 1. The van der Waals surface area contributed by atoms with Crippen LogP contribution in [0.3, 0.4) is 0 Å². The average molecular weight is 287 g/mol. The number of hydrogen-bond donors (Lipinski definition) is 0. The second-order valence-electron chi connectivity index (χ2n) is 3.80. The molecule has 2 nitrogen and oxygen atoms in total. The van der Waals surface area contributed by atoms with Gasteiger partial charge in [-0.25, -0.2) is 0 Å². The molecule has 2 rings (SSSR count). The molecule has 1 aromatic carbocycles. The van der Waals surface area contributed by atoms with Gasteiger partial charge in [0.05, 0.1) is 12.0 Å². The monoisotopic (exact) mass is 286 g/mol. The highest BCUT2D eigenvalue weighted by Gasteiger charge is 2.11. The molecule has 0 saturated heterocycles. The summed E-state index contributed by atoms with van der Waals surface area (Å²) in [5.41, 5.74) is 2.17. The van der Waals surface area contributed by atoms with Crippen LogP contribution in [-0.2, 0) is 6.42 Å². The number of hydrogen-bond acceptors (Lipinski definition) is 2. The van der Waals surface area contributed by atoms with Crippen LogP contribution < -0.4 is 0 Å². The first-order valence-electron chi connectivity index (χ1n) is 5.33. The molecule has 1 aromatic heterocycles. The van der Waals surface area contributed by atoms with E-state index in [1.54, 1.807) is 12.4 Å². The first kappa shape index (κ1) is 11.8. The summed E-state index contributed by atoms with van der Waals surface area (Å²) in [7, 11) is 0. The minimum Gasteiger partial charge on any atom is -0.265 e. The van der Waals surface area contributed by atoms with Crippen molar-refractivity contribution in [2.75, 3.05) is 0 Å². The van der Waals surface area contributed by atoms with Crippen molar-refractivity contribution in [3.63, 3.8) is 0 Å². The molecule has 0 bridgehead atoms. The summed E-state index contributed by atoms with van der Waals surface area (Å²) in [5, 5.41) is 9.25. The molecule has 0 aliphatic heterocycles. The lowest BCUT2D eigenvalue weighted by molar-refractivity contribution is 0.846. The van der Waals surface area contributed by atoms with E-state index >= 15 is 0 Å². The van der Waals surface area contributed by atoms with Crippen molar-refractivity contribution in [3.05, 3.63) is 64.4 Å². The summed E-state index contributed by atoms with van der Waals surface area (Å²) in [4.78, 5) is 3.97. The lowest BCUT2D eigenvalue weighted by Crippen LogP contribution is -2.00. The average Bonchev–Trinajstić information content (AvgIpc) is 2.37. The summed E-state index contributed by atoms with van der Waals surface area (Å²) in [6.07, 6.45) is 4.23. The second-order valence-corrected chi connectivity index (χ2v) is 4.71. The Bertz CT molecular complexity index is 531. The third kappa shape index (κ3) is 3.15. The second kappa shape index (κ2) is 5.60. The van der Waals surface area contributed by atoms with E-state index in [9.17, 15) is 5.26 Å². The van der Waals surface area contributed by atoms with Gasteiger partial charge in [0, 0.05) is 16.9 Å². The zero-order valence-electron chi connectivity index (χ0n) is 9.18. The minimum absolute atomic E-state index is 0.116. The first-order chi connectivity index (χ1) is 8.29. The van der Waals surface area contributed by atoms with Crippen molar-refractivity contribution < 1.29 is 0 Å². The number of aromatic nitrogens is 1. The fraction of sp³-hybridized carbons (Fsp3) is 0.143. The van der Waals surface area contributed by atoms with Gasteiger partial charge in [-0.1, -0.05) is 28.1 Å². The number of halogens is 1. The van der Waals surface area contributed by atoms with Crippen molar-refractivity contribution >= 4 is 15.9 Å². The van der Waals surface area contributed by atoms with E-state index in [0.29, 0.717) is 0 Å². The molecule has 0 spiro atoms. The summed E-state index contributed by atoms with van der Waals surface area (Å²) in [6, 6.07) is 14.1. The molecule has 1 unspecified atom stereocenters. The molecule has 1 atom stereocenters. The molecular formula is C14H11BrN2. The van der Waals surface area contributed by atoms with Crippen LogP contribution in [-0.4, -0.2) is 4.98 Å². The summed E-state index contributed by atoms with van der Waals surface area (Å²) >= 11 is 3.43. The van der Waals surface area contributed by atoms with E-state index in [1.807, 2.05) is 36.4 Å². The van der Waals surface area contributed by atoms with Gasteiger partial charge in [0.1, 0.15) is 0 Å². The van der Waals surface area contributed by atoms with E-state index < -0.39 is 0 Å². The van der Waals surface area contributed by atoms with Gasteiger partial charge in [-0.15, -0.1) is 0 Å². The molecular weight excluding hydrogens is 276 g/mol. The lowest BCUT2D eigenvalue weighted by atomic mass is 9.94. The number of benzene rings is 1. The van der Waals surface area contributed by atoms with Crippen LogP contribution in [0.2, 0.25) is 0 Å². The van der Waals surface area contributed by atoms with E-state index in [2.05, 4.69) is 27.0 Å². The normalized spacial score (nSPS) is 11.8. The van der Waals surface area contributed by atoms with Crippen molar-refractivity contribution in [3.8, 4) is 6.07 Å². The lowest BCUT2D eigenvalue weighted by Gasteiger charge is -2.09. The number of nitriles is 1. The van der Waals surface area contributed by atoms with Crippen LogP contribution in [0, 0.1) is 11.3 Å². The SMILES string of the molecule is N#CC(Cc1ccncc1)c1cccc(Br)c1. The highest BCUT2D eigenvalue weighted by molar-refractivity contribution is 9.10. The van der Waals surface area contributed by atoms with Gasteiger partial charge in [0.25, 0.3) is 0 Å². The highest BCUT2D eigenvalue weighted by atomic mass is 79.9. The van der Waals surface area contributed by atoms with Crippen molar-refractivity contribution in [2.45, 2.75) is 12.3 Å². The third-order valence-corrected chi connectivity index (χ3v) is 3.09. The van der Waals surface area contributed by atoms with Crippen LogP contribution in [0.25, 0.3) is 0 Å². The van der Waals surface area contributed by atoms with Crippen LogP contribution in [0.4, 0.5) is 0 Å². The van der Waals surface area contributed by atoms with Crippen LogP contribution in [0.15, 0.2) is 53.3 Å². The van der Waals surface area contributed by atoms with Gasteiger partial charge in [-0.05, 0) is 41.8 Å². The Morgan fingerprint density at radius 1 is 1.24 bits per heavy atom. The standard InChI is InChI=1S/C14H11BrN2/c15-14-3-1-2-12(9-14)13(10-16)8-11-4-6-17-7-5-11/h1-7,9,13H,8H2. The Morgan fingerprint density at radius 2 is 2.00 bits per heavy atom. The molecule has 0 fully saturated rings. The van der Waals surface area contributed by atoms with Gasteiger partial charge < -0.3 is 0 Å². The predicted molar refractivity (Wildman–Crippen MR) is 70.4 cm³/mol. The number of rotatable bonds is 3. The molecule has 0 aliphatic rings. The maximum absolute atomic E-state index is 9.25. The summed E-state index contributed by atoms with van der Waals surface area (Å²) in [5.74, 6) is -0.116. The van der Waals surface area contributed by atoms with Gasteiger partial charge in [-0.3, -0.25) is 4.98 Å². The Hall–Kier alpha value is -1.66. The molecule has 1 heterocycles. The first-order valence-corrected chi connectivity index (χ1v) is 6.13. The molecule has 0 amide bonds. The molecule has 0 aliphatic carbocycles. The van der Waals surface area contributed by atoms with Gasteiger partial charge >= 0.3 is 0 Å². The zero-order valence-corrected chi connectivity index (χ0v) is 10.8. The van der Waals surface area contributed by atoms with Gasteiger partial charge in [0.2, 0.25) is 0 Å². The molecule has 0 saturated carbocycles. The van der Waals surface area contributed by atoms with Gasteiger partial charge in [-0.2, -0.15) is 5.26 Å². The fourth-order valence-electron chi connectivity index (χ4n) is 1.72. The smallest absolute Gasteiger partial charge is 0.0753 e. The maximum Gasteiger partial charge on any atom is 0.0753 e. The van der Waals surface area contributed by atoms with Crippen LogP contribution in [0.1, 0.15) is 17.0 Å². The van der Waals surface area contributed by atoms with Crippen molar-refractivity contribution in [2.24, 2.45) is 0 Å². The Morgan fingerprint density at radius 3 is 2.65 bits per heavy atom. The van der Waals surface area contributed by atoms with E-state index in [-0.39, 0.29) is 5.92 Å². The zero-order chi connectivity index (χ0) is 12.1. The summed E-state index contributed by atoms with van der Waals surface area (Å²) < 4.78 is 1.00. The number of nitrogens with zero attached hydrogens (tertiary/aromatic N) is 2. The topological polar surface area (TPSA) is 36.7 Å². The highest BCUT2D eigenvalue weighted by Crippen LogP contribution is 2.22. The largest absolute Gasteiger partial charge is 0.265 e. The Labute approximate surface area is 109 Å². The van der Waals surface area contributed by atoms with E-state index in [1.165, 1.54) is 0 Å². The molecule has 3 heteroatoms. The Kier molecular flexibility index (Phi) is 3.89. The quantitative estimate of drug-likeness (QED) is 0.863. The van der Waals surface area contributed by atoms with E-state index in [4.69, 9.17) is 0 Å². The minimum atomic E-state index is -0.116. The van der Waals surface area contributed by atoms with Crippen molar-refractivity contribution in [1.82, 2.24) is 4.98 Å². The fourth-order valence-corrected chi connectivity index (χ4v) is 2.13. The molecule has 0 radical (unpaired) electrons. The maximum atomic E-state index is 9.25. The predicted octanol–water partition coefficient (Wildman–Crippen LogP) is 3.69. The van der Waals surface area contributed by atoms with Crippen LogP contribution >= 0.6 is 15.9 Å². The third-order valence-electron chi connectivity index (χ3n) is 2.60. The molecule has 0 N–H and O–H groups in total. The Balaban J connectivity index is 2.21. The van der Waals surface area contributed by atoms with Gasteiger partial charge in [0.15, 0.2) is 0 Å².